The summed E-state index contributed by atoms with van der Waals surface area (Å²) in [6, 6.07) is 17.8. The number of anilines is 1. The topological polar surface area (TPSA) is 64.9 Å². The molecule has 6 nitrogen and oxygen atoms in total. The second kappa shape index (κ2) is 6.24. The maximum atomic E-state index is 5.49. The van der Waals surface area contributed by atoms with Gasteiger partial charge in [0, 0.05) is 18.3 Å². The van der Waals surface area contributed by atoms with Crippen LogP contribution in [0.2, 0.25) is 0 Å². The Morgan fingerprint density at radius 3 is 2.48 bits per heavy atom. The fourth-order valence-corrected chi connectivity index (χ4v) is 2.81. The van der Waals surface area contributed by atoms with Gasteiger partial charge in [0.05, 0.1) is 19.0 Å². The number of benzene rings is 2. The lowest BCUT2D eigenvalue weighted by Gasteiger charge is -2.10. The molecule has 0 spiro atoms. The van der Waals surface area contributed by atoms with Crippen molar-refractivity contribution in [2.45, 2.75) is 0 Å². The summed E-state index contributed by atoms with van der Waals surface area (Å²) in [5.74, 6) is 1.10. The van der Waals surface area contributed by atoms with Gasteiger partial charge in [0.25, 0.3) is 0 Å². The van der Waals surface area contributed by atoms with Gasteiger partial charge < -0.3 is 10.1 Å². The Morgan fingerprint density at radius 1 is 0.960 bits per heavy atom. The number of para-hydroxylation sites is 2. The van der Waals surface area contributed by atoms with Crippen LogP contribution in [0.15, 0.2) is 60.8 Å². The molecule has 0 radical (unpaired) electrons. The molecule has 4 rings (SSSR count). The highest BCUT2D eigenvalue weighted by molar-refractivity contribution is 5.85. The zero-order valence-electron chi connectivity index (χ0n) is 14.0. The minimum Gasteiger partial charge on any atom is -0.480 e. The van der Waals surface area contributed by atoms with Gasteiger partial charge in [-0.05, 0) is 24.3 Å². The number of methoxy groups -OCH3 is 1. The number of aromatic nitrogens is 4. The van der Waals surface area contributed by atoms with Crippen molar-refractivity contribution >= 4 is 16.7 Å². The van der Waals surface area contributed by atoms with Gasteiger partial charge in [0.15, 0.2) is 11.5 Å². The first-order valence-corrected chi connectivity index (χ1v) is 7.94. The van der Waals surface area contributed by atoms with Crippen LogP contribution in [0.25, 0.3) is 28.1 Å². The van der Waals surface area contributed by atoms with Crippen LogP contribution in [0.1, 0.15) is 0 Å². The summed E-state index contributed by atoms with van der Waals surface area (Å²) in [4.78, 5) is 9.35. The summed E-state index contributed by atoms with van der Waals surface area (Å²) in [5, 5.41) is 8.42. The molecule has 6 heteroatoms. The zero-order chi connectivity index (χ0) is 17.2. The van der Waals surface area contributed by atoms with Gasteiger partial charge in [-0.3, -0.25) is 0 Å². The van der Waals surface area contributed by atoms with E-state index < -0.39 is 0 Å². The van der Waals surface area contributed by atoms with Gasteiger partial charge in [0.2, 0.25) is 5.88 Å². The van der Waals surface area contributed by atoms with Crippen LogP contribution in [0.4, 0.5) is 5.69 Å². The Bertz CT molecular complexity index is 1030. The van der Waals surface area contributed by atoms with E-state index in [2.05, 4.69) is 15.4 Å². The van der Waals surface area contributed by atoms with Crippen LogP contribution in [0.3, 0.4) is 0 Å². The van der Waals surface area contributed by atoms with E-state index in [1.807, 2.05) is 61.6 Å². The number of rotatable bonds is 4. The van der Waals surface area contributed by atoms with Crippen molar-refractivity contribution < 1.29 is 4.74 Å². The number of hydrogen-bond acceptors (Lipinski definition) is 5. The largest absolute Gasteiger partial charge is 0.480 e. The Hall–Kier alpha value is -3.41. The Labute approximate surface area is 145 Å². The Balaban J connectivity index is 1.98. The molecule has 0 amide bonds. The van der Waals surface area contributed by atoms with E-state index in [1.165, 1.54) is 0 Å². The molecule has 0 saturated heterocycles. The first-order chi connectivity index (χ1) is 12.3. The van der Waals surface area contributed by atoms with E-state index in [0.717, 1.165) is 22.3 Å². The molecule has 0 aliphatic rings. The van der Waals surface area contributed by atoms with Gasteiger partial charge >= 0.3 is 0 Å². The van der Waals surface area contributed by atoms with Gasteiger partial charge in [0.1, 0.15) is 5.39 Å². The van der Waals surface area contributed by atoms with Crippen LogP contribution < -0.4 is 10.1 Å². The van der Waals surface area contributed by atoms with Crippen molar-refractivity contribution in [1.29, 1.82) is 0 Å². The maximum absolute atomic E-state index is 5.49. The summed E-state index contributed by atoms with van der Waals surface area (Å²) in [7, 11) is 3.48. The van der Waals surface area contributed by atoms with Gasteiger partial charge in [-0.2, -0.15) is 10.1 Å². The molecular weight excluding hydrogens is 314 g/mol. The Kier molecular flexibility index (Phi) is 3.78. The molecule has 25 heavy (non-hydrogen) atoms. The smallest absolute Gasteiger partial charge is 0.228 e. The van der Waals surface area contributed by atoms with Crippen LogP contribution in [-0.2, 0) is 0 Å². The lowest BCUT2D eigenvalue weighted by molar-refractivity contribution is 0.403. The fraction of sp³-hybridized carbons (Fsp3) is 0.105. The normalized spacial score (nSPS) is 10.8. The summed E-state index contributed by atoms with van der Waals surface area (Å²) in [5.41, 5.74) is 3.51. The molecule has 124 valence electrons. The van der Waals surface area contributed by atoms with Crippen LogP contribution in [0, 0.1) is 0 Å². The van der Waals surface area contributed by atoms with E-state index in [1.54, 1.807) is 18.0 Å². The summed E-state index contributed by atoms with van der Waals surface area (Å²) >= 11 is 0. The molecule has 0 fully saturated rings. The van der Waals surface area contributed by atoms with E-state index in [-0.39, 0.29) is 0 Å². The molecule has 0 aliphatic carbocycles. The average Bonchev–Trinajstić information content (AvgIpc) is 3.12. The number of nitrogens with zero attached hydrogens (tertiary/aromatic N) is 4. The molecule has 0 unspecified atom stereocenters. The van der Waals surface area contributed by atoms with Crippen molar-refractivity contribution in [2.24, 2.45) is 0 Å². The predicted molar refractivity (Wildman–Crippen MR) is 98.2 cm³/mol. The second-order valence-electron chi connectivity index (χ2n) is 5.48. The third-order valence-corrected chi connectivity index (χ3v) is 4.02. The predicted octanol–water partition coefficient (Wildman–Crippen LogP) is 3.53. The molecule has 2 heterocycles. The van der Waals surface area contributed by atoms with Crippen LogP contribution in [0.5, 0.6) is 5.88 Å². The van der Waals surface area contributed by atoms with Crippen molar-refractivity contribution in [3.8, 4) is 23.0 Å². The molecule has 4 aromatic rings. The van der Waals surface area contributed by atoms with E-state index in [0.29, 0.717) is 17.4 Å². The minimum atomic E-state index is 0.507. The van der Waals surface area contributed by atoms with Crippen LogP contribution in [-0.4, -0.2) is 33.9 Å². The number of ether oxygens (including phenoxy) is 1. The monoisotopic (exact) mass is 331 g/mol. The SMILES string of the molecule is CNc1ccccc1-c1nc(OC)c2cnn(-c3ccccc3)c2n1. The molecule has 0 aliphatic heterocycles. The Morgan fingerprint density at radius 2 is 1.72 bits per heavy atom. The van der Waals surface area contributed by atoms with E-state index in [9.17, 15) is 0 Å². The minimum absolute atomic E-state index is 0.507. The zero-order valence-corrected chi connectivity index (χ0v) is 14.0. The average molecular weight is 331 g/mol. The number of hydrogen-bond donors (Lipinski definition) is 1. The number of nitrogens with one attached hydrogen (secondary N) is 1. The fourth-order valence-electron chi connectivity index (χ4n) is 2.81. The maximum Gasteiger partial charge on any atom is 0.228 e. The lowest BCUT2D eigenvalue weighted by atomic mass is 10.1. The van der Waals surface area contributed by atoms with Gasteiger partial charge in [-0.15, -0.1) is 0 Å². The molecule has 0 saturated carbocycles. The quantitative estimate of drug-likeness (QED) is 0.620. The number of fused-ring (bicyclic) bond motifs is 1. The van der Waals surface area contributed by atoms with Crippen molar-refractivity contribution in [1.82, 2.24) is 19.7 Å². The van der Waals surface area contributed by atoms with E-state index >= 15 is 0 Å². The third kappa shape index (κ3) is 2.57. The summed E-state index contributed by atoms with van der Waals surface area (Å²) < 4.78 is 7.28. The van der Waals surface area contributed by atoms with Crippen molar-refractivity contribution in [3.63, 3.8) is 0 Å². The van der Waals surface area contributed by atoms with E-state index in [4.69, 9.17) is 9.72 Å². The summed E-state index contributed by atoms with van der Waals surface area (Å²) in [6.07, 6.45) is 1.73. The molecule has 2 aromatic heterocycles. The molecular formula is C19H17N5O. The van der Waals surface area contributed by atoms with Crippen molar-refractivity contribution in [3.05, 3.63) is 60.8 Å². The van der Waals surface area contributed by atoms with Crippen LogP contribution >= 0.6 is 0 Å². The standard InChI is InChI=1S/C19H17N5O/c1-20-16-11-7-6-10-14(16)17-22-18-15(19(23-17)25-2)12-21-24(18)13-8-4-3-5-9-13/h3-12,20H,1-2H3. The second-order valence-corrected chi connectivity index (χ2v) is 5.48. The van der Waals surface area contributed by atoms with Gasteiger partial charge in [-0.1, -0.05) is 30.3 Å². The third-order valence-electron chi connectivity index (χ3n) is 4.02. The highest BCUT2D eigenvalue weighted by Gasteiger charge is 2.16. The molecule has 2 aromatic carbocycles. The van der Waals surface area contributed by atoms with Crippen molar-refractivity contribution in [2.75, 3.05) is 19.5 Å². The molecule has 0 atom stereocenters. The highest BCUT2D eigenvalue weighted by atomic mass is 16.5. The highest BCUT2D eigenvalue weighted by Crippen LogP contribution is 2.30. The molecule has 0 bridgehead atoms. The first-order valence-electron chi connectivity index (χ1n) is 7.94. The van der Waals surface area contributed by atoms with Gasteiger partial charge in [-0.25, -0.2) is 9.67 Å². The summed E-state index contributed by atoms with van der Waals surface area (Å²) in [6.45, 7) is 0. The first kappa shape index (κ1) is 15.1. The molecule has 1 N–H and O–H groups in total. The lowest BCUT2D eigenvalue weighted by Crippen LogP contribution is -2.02.